The lowest BCUT2D eigenvalue weighted by Gasteiger charge is -2.34. The number of hydrogen-bond donors (Lipinski definition) is 1. The normalized spacial score (nSPS) is 16.1. The first-order valence-corrected chi connectivity index (χ1v) is 12.4. The fourth-order valence-corrected chi connectivity index (χ4v) is 5.43. The molecule has 1 aliphatic rings. The predicted octanol–water partition coefficient (Wildman–Crippen LogP) is 4.78. The highest BCUT2D eigenvalue weighted by Gasteiger charge is 2.23. The molecule has 1 unspecified atom stereocenters. The molecule has 0 radical (unpaired) electrons. The number of piperazine rings is 1. The molecule has 6 nitrogen and oxygen atoms in total. The van der Waals surface area contributed by atoms with Crippen LogP contribution in [0.1, 0.15) is 54.9 Å². The minimum Gasteiger partial charge on any atom is -0.361 e. The fourth-order valence-electron chi connectivity index (χ4n) is 4.58. The third kappa shape index (κ3) is 5.33. The number of carbonyl (C=O) groups excluding carboxylic acids is 1. The Kier molecular flexibility index (Phi) is 7.35. The van der Waals surface area contributed by atoms with Crippen molar-refractivity contribution in [2.75, 3.05) is 37.6 Å². The number of nitrogens with one attached hydrogen (secondary N) is 1. The zero-order valence-electron chi connectivity index (χ0n) is 18.6. The number of hydrogen-bond acceptors (Lipinski definition) is 6. The van der Waals surface area contributed by atoms with Gasteiger partial charge in [-0.25, -0.2) is 0 Å². The molecule has 0 bridgehead atoms. The van der Waals surface area contributed by atoms with E-state index >= 15 is 0 Å². The Hall–Kier alpha value is -2.25. The Balaban J connectivity index is 1.38. The molecule has 166 valence electrons. The summed E-state index contributed by atoms with van der Waals surface area (Å²) in [5.41, 5.74) is 2.46. The van der Waals surface area contributed by atoms with Crippen LogP contribution in [0.15, 0.2) is 30.5 Å². The van der Waals surface area contributed by atoms with Crippen molar-refractivity contribution in [3.63, 3.8) is 0 Å². The van der Waals surface area contributed by atoms with Crippen molar-refractivity contribution in [1.82, 2.24) is 20.1 Å². The molecule has 1 aliphatic heterocycles. The fraction of sp³-hybridized carbons (Fsp3) is 0.542. The molecular formula is C24H33N5OS. The SMILES string of the molecule is CCCC(CC(=O)c1nnc(N2CCN(CCC)CC2)s1)Cc1c[nH]c2ccccc12. The van der Waals surface area contributed by atoms with Crippen molar-refractivity contribution in [3.05, 3.63) is 41.0 Å². The van der Waals surface area contributed by atoms with Gasteiger partial charge in [-0.3, -0.25) is 9.69 Å². The predicted molar refractivity (Wildman–Crippen MR) is 128 cm³/mol. The number of nitrogens with zero attached hydrogens (tertiary/aromatic N) is 4. The Morgan fingerprint density at radius 1 is 1.13 bits per heavy atom. The van der Waals surface area contributed by atoms with Gasteiger partial charge >= 0.3 is 0 Å². The van der Waals surface area contributed by atoms with Crippen molar-refractivity contribution >= 4 is 33.2 Å². The Morgan fingerprint density at radius 2 is 1.94 bits per heavy atom. The summed E-state index contributed by atoms with van der Waals surface area (Å²) < 4.78 is 0. The molecule has 0 spiro atoms. The van der Waals surface area contributed by atoms with Crippen LogP contribution in [0.4, 0.5) is 5.13 Å². The van der Waals surface area contributed by atoms with E-state index in [9.17, 15) is 4.79 Å². The summed E-state index contributed by atoms with van der Waals surface area (Å²) in [5.74, 6) is 0.452. The van der Waals surface area contributed by atoms with E-state index in [1.807, 2.05) is 6.07 Å². The van der Waals surface area contributed by atoms with E-state index in [0.717, 1.165) is 62.6 Å². The summed E-state index contributed by atoms with van der Waals surface area (Å²) >= 11 is 1.46. The first-order valence-electron chi connectivity index (χ1n) is 11.6. The molecule has 7 heteroatoms. The van der Waals surface area contributed by atoms with Gasteiger partial charge in [0.05, 0.1) is 0 Å². The summed E-state index contributed by atoms with van der Waals surface area (Å²) in [6.07, 6.45) is 6.84. The first kappa shape index (κ1) is 22.0. The van der Waals surface area contributed by atoms with Crippen molar-refractivity contribution in [2.45, 2.75) is 46.0 Å². The lowest BCUT2D eigenvalue weighted by molar-refractivity contribution is 0.0957. The second kappa shape index (κ2) is 10.4. The summed E-state index contributed by atoms with van der Waals surface area (Å²) in [6.45, 7) is 9.60. The standard InChI is InChI=1S/C24H33N5OS/c1-3-7-18(15-19-17-25-21-9-6-5-8-20(19)21)16-22(30)23-26-27-24(31-23)29-13-11-28(10-4-2)12-14-29/h5-6,8-9,17-18,25H,3-4,7,10-16H2,1-2H3. The first-order chi connectivity index (χ1) is 15.2. The van der Waals surface area contributed by atoms with Crippen LogP contribution < -0.4 is 4.90 Å². The number of para-hydroxylation sites is 1. The summed E-state index contributed by atoms with van der Waals surface area (Å²) in [5, 5.41) is 11.3. The van der Waals surface area contributed by atoms with Crippen LogP contribution in [0.3, 0.4) is 0 Å². The molecule has 3 aromatic rings. The number of ketones is 1. The third-order valence-electron chi connectivity index (χ3n) is 6.19. The monoisotopic (exact) mass is 439 g/mol. The summed E-state index contributed by atoms with van der Waals surface area (Å²) in [7, 11) is 0. The van der Waals surface area contributed by atoms with E-state index < -0.39 is 0 Å². The molecule has 4 rings (SSSR count). The molecular weight excluding hydrogens is 406 g/mol. The van der Waals surface area contributed by atoms with Gasteiger partial charge in [-0.2, -0.15) is 0 Å². The van der Waals surface area contributed by atoms with Crippen LogP contribution >= 0.6 is 11.3 Å². The maximum atomic E-state index is 13.0. The van der Waals surface area contributed by atoms with Gasteiger partial charge in [-0.15, -0.1) is 10.2 Å². The van der Waals surface area contributed by atoms with Gasteiger partial charge < -0.3 is 9.88 Å². The molecule has 31 heavy (non-hydrogen) atoms. The number of rotatable bonds is 10. The highest BCUT2D eigenvalue weighted by molar-refractivity contribution is 7.17. The molecule has 2 aromatic heterocycles. The maximum Gasteiger partial charge on any atom is 0.208 e. The van der Waals surface area contributed by atoms with Crippen molar-refractivity contribution in [3.8, 4) is 0 Å². The topological polar surface area (TPSA) is 65.1 Å². The number of anilines is 1. The molecule has 1 N–H and O–H groups in total. The van der Waals surface area contributed by atoms with E-state index in [1.54, 1.807) is 0 Å². The van der Waals surface area contributed by atoms with E-state index in [2.05, 4.69) is 63.2 Å². The van der Waals surface area contributed by atoms with Crippen LogP contribution in [0.25, 0.3) is 10.9 Å². The molecule has 1 aromatic carbocycles. The van der Waals surface area contributed by atoms with Gasteiger partial charge in [0.1, 0.15) is 0 Å². The quantitative estimate of drug-likeness (QED) is 0.461. The van der Waals surface area contributed by atoms with Gasteiger partial charge in [-0.1, -0.05) is 49.8 Å². The number of H-pyrrole nitrogens is 1. The lowest BCUT2D eigenvalue weighted by atomic mass is 9.90. The average molecular weight is 440 g/mol. The Labute approximate surface area is 188 Å². The van der Waals surface area contributed by atoms with Crippen molar-refractivity contribution in [1.29, 1.82) is 0 Å². The van der Waals surface area contributed by atoms with E-state index in [-0.39, 0.29) is 5.78 Å². The zero-order chi connectivity index (χ0) is 21.6. The van der Waals surface area contributed by atoms with E-state index in [1.165, 1.54) is 28.7 Å². The number of aromatic amines is 1. The van der Waals surface area contributed by atoms with Gasteiger partial charge in [0, 0.05) is 49.7 Å². The minimum absolute atomic E-state index is 0.131. The second-order valence-electron chi connectivity index (χ2n) is 8.56. The highest BCUT2D eigenvalue weighted by Crippen LogP contribution is 2.28. The number of benzene rings is 1. The molecule has 1 atom stereocenters. The van der Waals surface area contributed by atoms with Crippen molar-refractivity contribution in [2.24, 2.45) is 5.92 Å². The van der Waals surface area contributed by atoms with Crippen LogP contribution in [0.2, 0.25) is 0 Å². The highest BCUT2D eigenvalue weighted by atomic mass is 32.1. The van der Waals surface area contributed by atoms with Crippen LogP contribution in [-0.2, 0) is 6.42 Å². The van der Waals surface area contributed by atoms with E-state index in [0.29, 0.717) is 17.3 Å². The van der Waals surface area contributed by atoms with Crippen LogP contribution in [0.5, 0.6) is 0 Å². The van der Waals surface area contributed by atoms with Crippen molar-refractivity contribution < 1.29 is 4.79 Å². The average Bonchev–Trinajstić information content (AvgIpc) is 3.43. The second-order valence-corrected chi connectivity index (χ2v) is 9.52. The van der Waals surface area contributed by atoms with Crippen LogP contribution in [-0.4, -0.2) is 58.6 Å². The summed E-state index contributed by atoms with van der Waals surface area (Å²) in [4.78, 5) is 21.1. The van der Waals surface area contributed by atoms with E-state index in [4.69, 9.17) is 0 Å². The van der Waals surface area contributed by atoms with Crippen LogP contribution in [0, 0.1) is 5.92 Å². The number of carbonyl (C=O) groups is 1. The van der Waals surface area contributed by atoms with Gasteiger partial charge in [0.15, 0.2) is 10.8 Å². The molecule has 3 heterocycles. The molecule has 0 aliphatic carbocycles. The minimum atomic E-state index is 0.131. The largest absolute Gasteiger partial charge is 0.361 e. The maximum absolute atomic E-state index is 13.0. The molecule has 1 saturated heterocycles. The molecule has 0 saturated carbocycles. The van der Waals surface area contributed by atoms with Gasteiger partial charge in [0.25, 0.3) is 0 Å². The summed E-state index contributed by atoms with van der Waals surface area (Å²) in [6, 6.07) is 8.38. The smallest absolute Gasteiger partial charge is 0.208 e. The Bertz CT molecular complexity index is 989. The number of aromatic nitrogens is 3. The third-order valence-corrected chi connectivity index (χ3v) is 7.22. The number of fused-ring (bicyclic) bond motifs is 1. The zero-order valence-corrected chi connectivity index (χ0v) is 19.5. The molecule has 0 amide bonds. The lowest BCUT2D eigenvalue weighted by Crippen LogP contribution is -2.46. The van der Waals surface area contributed by atoms with Gasteiger partial charge in [-0.05, 0) is 43.4 Å². The molecule has 1 fully saturated rings. The Morgan fingerprint density at radius 3 is 2.71 bits per heavy atom. The number of Topliss-reactive ketones (excluding diaryl/α,β-unsaturated/α-hetero) is 1. The van der Waals surface area contributed by atoms with Gasteiger partial charge in [0.2, 0.25) is 5.13 Å².